The van der Waals surface area contributed by atoms with Gasteiger partial charge in [0.1, 0.15) is 6.04 Å². The number of aryl methyl sites for hydroxylation is 1. The van der Waals surface area contributed by atoms with Crippen LogP contribution in [0.15, 0.2) is 24.3 Å². The van der Waals surface area contributed by atoms with Crippen molar-refractivity contribution in [1.29, 1.82) is 0 Å². The molecule has 0 aliphatic carbocycles. The molecule has 21 heavy (non-hydrogen) atoms. The van der Waals surface area contributed by atoms with E-state index in [-0.39, 0.29) is 12.4 Å². The van der Waals surface area contributed by atoms with Crippen LogP contribution in [-0.2, 0) is 16.0 Å². The number of rotatable bonds is 6. The number of benzene rings is 1. The second-order valence-electron chi connectivity index (χ2n) is 4.23. The fraction of sp³-hybridized carbons (Fsp3) is 0.462. The summed E-state index contributed by atoms with van der Waals surface area (Å²) in [5.41, 5.74) is 0.904. The summed E-state index contributed by atoms with van der Waals surface area (Å²) in [5.74, 6) is -0.910. The molecule has 1 aromatic rings. The molecular formula is C13H16Cl2F3NO2. The summed E-state index contributed by atoms with van der Waals surface area (Å²) in [6.45, 7) is -1.57. The van der Waals surface area contributed by atoms with Gasteiger partial charge in [-0.05, 0) is 37.6 Å². The van der Waals surface area contributed by atoms with Gasteiger partial charge in [-0.15, -0.1) is 12.4 Å². The van der Waals surface area contributed by atoms with Gasteiger partial charge in [-0.2, -0.15) is 13.2 Å². The number of halogens is 5. The predicted octanol–water partition coefficient (Wildman–Crippen LogP) is 3.39. The summed E-state index contributed by atoms with van der Waals surface area (Å²) < 4.78 is 40.1. The molecule has 0 spiro atoms. The van der Waals surface area contributed by atoms with Crippen LogP contribution in [0, 0.1) is 0 Å². The lowest BCUT2D eigenvalue weighted by Crippen LogP contribution is -2.37. The molecule has 0 aliphatic heterocycles. The minimum absolute atomic E-state index is 0. The van der Waals surface area contributed by atoms with Crippen molar-refractivity contribution in [2.75, 3.05) is 13.7 Å². The van der Waals surface area contributed by atoms with Crippen molar-refractivity contribution in [3.63, 3.8) is 0 Å². The third-order valence-electron chi connectivity index (χ3n) is 2.62. The Morgan fingerprint density at radius 1 is 1.43 bits per heavy atom. The number of ether oxygens (including phenoxy) is 1. The van der Waals surface area contributed by atoms with E-state index < -0.39 is 24.8 Å². The van der Waals surface area contributed by atoms with E-state index in [1.165, 1.54) is 7.05 Å². The quantitative estimate of drug-likeness (QED) is 0.803. The molecule has 0 unspecified atom stereocenters. The van der Waals surface area contributed by atoms with E-state index in [0.717, 1.165) is 5.56 Å². The molecule has 0 radical (unpaired) electrons. The maximum absolute atomic E-state index is 12.0. The Labute approximate surface area is 132 Å². The predicted molar refractivity (Wildman–Crippen MR) is 76.9 cm³/mol. The van der Waals surface area contributed by atoms with Crippen molar-refractivity contribution < 1.29 is 22.7 Å². The lowest BCUT2D eigenvalue weighted by molar-refractivity contribution is -0.187. The molecule has 0 aromatic heterocycles. The van der Waals surface area contributed by atoms with E-state index in [9.17, 15) is 18.0 Å². The number of alkyl halides is 3. The van der Waals surface area contributed by atoms with Gasteiger partial charge in [-0.25, -0.2) is 0 Å². The Bertz CT molecular complexity index is 455. The highest BCUT2D eigenvalue weighted by atomic mass is 35.5. The molecule has 0 saturated carbocycles. The van der Waals surface area contributed by atoms with Crippen LogP contribution >= 0.6 is 24.0 Å². The molecule has 0 bridgehead atoms. The van der Waals surface area contributed by atoms with Crippen LogP contribution in [0.1, 0.15) is 12.0 Å². The normalized spacial score (nSPS) is 12.4. The lowest BCUT2D eigenvalue weighted by Gasteiger charge is -2.16. The van der Waals surface area contributed by atoms with Gasteiger partial charge in [0.15, 0.2) is 6.61 Å². The molecule has 1 atom stereocenters. The van der Waals surface area contributed by atoms with Gasteiger partial charge in [0.25, 0.3) is 0 Å². The summed E-state index contributed by atoms with van der Waals surface area (Å²) in [5, 5.41) is 3.22. The van der Waals surface area contributed by atoms with Gasteiger partial charge in [-0.1, -0.05) is 23.7 Å². The molecule has 0 fully saturated rings. The fourth-order valence-corrected chi connectivity index (χ4v) is 1.85. The summed E-state index contributed by atoms with van der Waals surface area (Å²) in [7, 11) is 1.50. The Morgan fingerprint density at radius 2 is 2.10 bits per heavy atom. The first kappa shape index (κ1) is 20.0. The van der Waals surface area contributed by atoms with Gasteiger partial charge in [-0.3, -0.25) is 4.79 Å². The van der Waals surface area contributed by atoms with Crippen LogP contribution in [0.5, 0.6) is 0 Å². The second-order valence-corrected chi connectivity index (χ2v) is 4.67. The largest absolute Gasteiger partial charge is 0.455 e. The van der Waals surface area contributed by atoms with Crippen LogP contribution in [0.3, 0.4) is 0 Å². The Morgan fingerprint density at radius 3 is 2.62 bits per heavy atom. The zero-order valence-electron chi connectivity index (χ0n) is 11.2. The third kappa shape index (κ3) is 8.14. The molecular weight excluding hydrogens is 330 g/mol. The molecule has 120 valence electrons. The van der Waals surface area contributed by atoms with E-state index in [1.807, 2.05) is 6.07 Å². The highest BCUT2D eigenvalue weighted by Gasteiger charge is 2.31. The average molecular weight is 346 g/mol. The van der Waals surface area contributed by atoms with Crippen molar-refractivity contribution in [2.24, 2.45) is 0 Å². The first-order valence-electron chi connectivity index (χ1n) is 5.97. The van der Waals surface area contributed by atoms with Gasteiger partial charge >= 0.3 is 12.1 Å². The first-order valence-corrected chi connectivity index (χ1v) is 6.34. The van der Waals surface area contributed by atoms with Crippen molar-refractivity contribution in [3.8, 4) is 0 Å². The van der Waals surface area contributed by atoms with Crippen LogP contribution in [-0.4, -0.2) is 31.8 Å². The van der Waals surface area contributed by atoms with Crippen LogP contribution < -0.4 is 5.32 Å². The minimum atomic E-state index is -4.51. The van der Waals surface area contributed by atoms with E-state index in [2.05, 4.69) is 10.1 Å². The number of hydrogen-bond acceptors (Lipinski definition) is 3. The number of carbonyl (C=O) groups is 1. The molecule has 0 saturated heterocycles. The Balaban J connectivity index is 0.00000400. The van der Waals surface area contributed by atoms with Crippen LogP contribution in [0.2, 0.25) is 5.02 Å². The van der Waals surface area contributed by atoms with Crippen molar-refractivity contribution in [3.05, 3.63) is 34.9 Å². The molecule has 0 aliphatic rings. The number of hydrogen-bond donors (Lipinski definition) is 1. The third-order valence-corrected chi connectivity index (χ3v) is 2.86. The monoisotopic (exact) mass is 345 g/mol. The van der Waals surface area contributed by atoms with Crippen molar-refractivity contribution in [1.82, 2.24) is 5.32 Å². The number of esters is 1. The number of nitrogens with one attached hydrogen (secondary N) is 1. The summed E-state index contributed by atoms with van der Waals surface area (Å²) in [6.07, 6.45) is -3.68. The highest BCUT2D eigenvalue weighted by Crippen LogP contribution is 2.16. The number of carbonyl (C=O) groups excluding carboxylic acids is 1. The maximum Gasteiger partial charge on any atom is 0.422 e. The fourth-order valence-electron chi connectivity index (χ4n) is 1.64. The first-order chi connectivity index (χ1) is 9.31. The van der Waals surface area contributed by atoms with E-state index in [1.54, 1.807) is 18.2 Å². The van der Waals surface area contributed by atoms with E-state index >= 15 is 0 Å². The minimum Gasteiger partial charge on any atom is -0.455 e. The zero-order chi connectivity index (χ0) is 15.2. The van der Waals surface area contributed by atoms with E-state index in [0.29, 0.717) is 17.9 Å². The SMILES string of the molecule is CN[C@@H](CCc1cccc(Cl)c1)C(=O)OCC(F)(F)F.Cl. The van der Waals surface area contributed by atoms with Crippen molar-refractivity contribution in [2.45, 2.75) is 25.1 Å². The van der Waals surface area contributed by atoms with Crippen molar-refractivity contribution >= 4 is 30.0 Å². The van der Waals surface area contributed by atoms with Crippen LogP contribution in [0.4, 0.5) is 13.2 Å². The Hall–Kier alpha value is -0.980. The average Bonchev–Trinajstić information content (AvgIpc) is 2.36. The lowest BCUT2D eigenvalue weighted by atomic mass is 10.1. The highest BCUT2D eigenvalue weighted by molar-refractivity contribution is 6.30. The van der Waals surface area contributed by atoms with E-state index in [4.69, 9.17) is 11.6 Å². The van der Waals surface area contributed by atoms with Gasteiger partial charge in [0.2, 0.25) is 0 Å². The molecule has 1 rings (SSSR count). The molecule has 1 aromatic carbocycles. The Kier molecular flexibility index (Phi) is 8.70. The summed E-state index contributed by atoms with van der Waals surface area (Å²) in [6, 6.07) is 6.29. The topological polar surface area (TPSA) is 38.3 Å². The second kappa shape index (κ2) is 9.12. The van der Waals surface area contributed by atoms with Gasteiger partial charge in [0, 0.05) is 5.02 Å². The van der Waals surface area contributed by atoms with Gasteiger partial charge in [0.05, 0.1) is 0 Å². The maximum atomic E-state index is 12.0. The summed E-state index contributed by atoms with van der Waals surface area (Å²) >= 11 is 5.82. The summed E-state index contributed by atoms with van der Waals surface area (Å²) in [4.78, 5) is 11.5. The smallest absolute Gasteiger partial charge is 0.422 e. The van der Waals surface area contributed by atoms with Crippen LogP contribution in [0.25, 0.3) is 0 Å². The molecule has 0 amide bonds. The molecule has 8 heteroatoms. The standard InChI is InChI=1S/C13H15ClF3NO2.ClH/c1-18-11(12(19)20-8-13(15,16)17)6-5-9-3-2-4-10(14)7-9;/h2-4,7,11,18H,5-6,8H2,1H3;1H/t11-;/m0./s1. The molecule has 3 nitrogen and oxygen atoms in total. The zero-order valence-corrected chi connectivity index (χ0v) is 12.8. The van der Waals surface area contributed by atoms with Gasteiger partial charge < -0.3 is 10.1 Å². The molecule has 1 N–H and O–H groups in total. The molecule has 0 heterocycles. The number of likely N-dealkylation sites (N-methyl/N-ethyl adjacent to an activating group) is 1.